The van der Waals surface area contributed by atoms with Crippen LogP contribution >= 0.6 is 0 Å². The van der Waals surface area contributed by atoms with Crippen LogP contribution < -0.4 is 11.1 Å². The Labute approximate surface area is 102 Å². The van der Waals surface area contributed by atoms with Gasteiger partial charge in [-0.15, -0.1) is 0 Å². The predicted octanol–water partition coefficient (Wildman–Crippen LogP) is 1.93. The molecule has 0 radical (unpaired) electrons. The van der Waals surface area contributed by atoms with E-state index in [9.17, 15) is 9.90 Å². The second-order valence-electron chi connectivity index (χ2n) is 4.37. The molecule has 0 bridgehead atoms. The maximum atomic E-state index is 11.8. The van der Waals surface area contributed by atoms with E-state index in [0.717, 1.165) is 5.56 Å². The van der Waals surface area contributed by atoms with Gasteiger partial charge in [-0.25, -0.2) is 0 Å². The van der Waals surface area contributed by atoms with Gasteiger partial charge in [0.15, 0.2) is 0 Å². The number of hydrogen-bond acceptors (Lipinski definition) is 3. The number of phenolic OH excluding ortho intramolecular Hbond substituents is 1. The van der Waals surface area contributed by atoms with Crippen LogP contribution in [-0.4, -0.2) is 17.6 Å². The molecule has 4 N–H and O–H groups in total. The van der Waals surface area contributed by atoms with Gasteiger partial charge >= 0.3 is 0 Å². The first kappa shape index (κ1) is 13.5. The van der Waals surface area contributed by atoms with E-state index in [1.807, 2.05) is 13.8 Å². The number of carbonyl (C=O) groups excluding carboxylic acids is 1. The van der Waals surface area contributed by atoms with Crippen LogP contribution in [0.15, 0.2) is 12.1 Å². The Balaban J connectivity index is 2.82. The lowest BCUT2D eigenvalue weighted by Gasteiger charge is -2.14. The third kappa shape index (κ3) is 3.20. The summed E-state index contributed by atoms with van der Waals surface area (Å²) in [6.45, 7) is 5.94. The Morgan fingerprint density at radius 1 is 1.47 bits per heavy atom. The Hall–Kier alpha value is -1.55. The van der Waals surface area contributed by atoms with Crippen LogP contribution in [0.2, 0.25) is 0 Å². The highest BCUT2D eigenvalue weighted by Crippen LogP contribution is 2.28. The number of nitrogens with one attached hydrogen (secondary N) is 1. The molecular formula is C13H20N2O2. The van der Waals surface area contributed by atoms with Crippen molar-refractivity contribution in [1.29, 1.82) is 0 Å². The number of nitrogens with two attached hydrogens (primary N) is 1. The maximum Gasteiger partial charge on any atom is 0.227 e. The largest absolute Gasteiger partial charge is 0.507 e. The van der Waals surface area contributed by atoms with E-state index < -0.39 is 0 Å². The molecule has 4 heteroatoms. The van der Waals surface area contributed by atoms with Gasteiger partial charge in [-0.2, -0.15) is 0 Å². The van der Waals surface area contributed by atoms with E-state index in [1.165, 1.54) is 0 Å². The fraction of sp³-hybridized carbons (Fsp3) is 0.462. The zero-order chi connectivity index (χ0) is 13.0. The number of carbonyl (C=O) groups is 1. The van der Waals surface area contributed by atoms with Crippen molar-refractivity contribution >= 4 is 11.6 Å². The van der Waals surface area contributed by atoms with Crippen LogP contribution in [0.25, 0.3) is 0 Å². The molecule has 0 aromatic heterocycles. The van der Waals surface area contributed by atoms with Gasteiger partial charge < -0.3 is 16.2 Å². The minimum absolute atomic E-state index is 0.0678. The molecule has 0 saturated carbocycles. The minimum Gasteiger partial charge on any atom is -0.507 e. The molecule has 1 rings (SSSR count). The van der Waals surface area contributed by atoms with Gasteiger partial charge in [0, 0.05) is 17.2 Å². The number of hydrogen-bond donors (Lipinski definition) is 3. The van der Waals surface area contributed by atoms with Crippen LogP contribution in [0.3, 0.4) is 0 Å². The normalized spacial score (nSPS) is 12.2. The number of aryl methyl sites for hydroxylation is 1. The highest BCUT2D eigenvalue weighted by Gasteiger charge is 2.14. The molecule has 1 aromatic rings. The van der Waals surface area contributed by atoms with Crippen LogP contribution in [0.5, 0.6) is 5.75 Å². The summed E-state index contributed by atoms with van der Waals surface area (Å²) in [5.41, 5.74) is 7.56. The summed E-state index contributed by atoms with van der Waals surface area (Å²) < 4.78 is 0. The van der Waals surface area contributed by atoms with Crippen molar-refractivity contribution < 1.29 is 9.90 Å². The van der Waals surface area contributed by atoms with E-state index in [2.05, 4.69) is 5.32 Å². The Morgan fingerprint density at radius 3 is 2.71 bits per heavy atom. The monoisotopic (exact) mass is 236 g/mol. The third-order valence-electron chi connectivity index (χ3n) is 2.94. The first-order valence-corrected chi connectivity index (χ1v) is 5.77. The summed E-state index contributed by atoms with van der Waals surface area (Å²) in [6, 6.07) is 3.59. The fourth-order valence-electron chi connectivity index (χ4n) is 1.61. The van der Waals surface area contributed by atoms with Gasteiger partial charge in [-0.3, -0.25) is 4.79 Å². The maximum absolute atomic E-state index is 11.8. The van der Waals surface area contributed by atoms with Gasteiger partial charge in [0.1, 0.15) is 5.75 Å². The lowest BCUT2D eigenvalue weighted by Crippen LogP contribution is -2.23. The van der Waals surface area contributed by atoms with E-state index in [0.29, 0.717) is 24.2 Å². The van der Waals surface area contributed by atoms with Crippen molar-refractivity contribution in [2.75, 3.05) is 11.9 Å². The van der Waals surface area contributed by atoms with Crippen molar-refractivity contribution in [3.8, 4) is 5.75 Å². The Morgan fingerprint density at radius 2 is 2.12 bits per heavy atom. The molecule has 0 heterocycles. The van der Waals surface area contributed by atoms with Gasteiger partial charge in [-0.1, -0.05) is 13.0 Å². The number of benzene rings is 1. The van der Waals surface area contributed by atoms with E-state index in [1.54, 1.807) is 19.1 Å². The van der Waals surface area contributed by atoms with Gasteiger partial charge in [0.05, 0.1) is 0 Å². The predicted molar refractivity (Wildman–Crippen MR) is 69.0 cm³/mol. The molecule has 4 nitrogen and oxygen atoms in total. The molecule has 1 atom stereocenters. The summed E-state index contributed by atoms with van der Waals surface area (Å²) in [7, 11) is 0. The molecule has 0 aliphatic rings. The first-order chi connectivity index (χ1) is 7.97. The summed E-state index contributed by atoms with van der Waals surface area (Å²) in [5.74, 6) is 0.0407. The molecule has 0 spiro atoms. The second-order valence-corrected chi connectivity index (χ2v) is 4.37. The molecule has 0 aliphatic heterocycles. The number of anilines is 1. The van der Waals surface area contributed by atoms with Crippen molar-refractivity contribution in [3.63, 3.8) is 0 Å². The summed E-state index contributed by atoms with van der Waals surface area (Å²) in [4.78, 5) is 11.8. The quantitative estimate of drug-likeness (QED) is 0.747. The smallest absolute Gasteiger partial charge is 0.227 e. The van der Waals surface area contributed by atoms with Crippen molar-refractivity contribution in [2.45, 2.75) is 27.2 Å². The van der Waals surface area contributed by atoms with Crippen LogP contribution in [-0.2, 0) is 4.79 Å². The van der Waals surface area contributed by atoms with E-state index in [-0.39, 0.29) is 17.6 Å². The average molecular weight is 236 g/mol. The third-order valence-corrected chi connectivity index (χ3v) is 2.94. The van der Waals surface area contributed by atoms with Crippen LogP contribution in [0, 0.1) is 19.8 Å². The molecule has 1 unspecified atom stereocenters. The highest BCUT2D eigenvalue weighted by atomic mass is 16.3. The molecule has 0 fully saturated rings. The van der Waals surface area contributed by atoms with Crippen LogP contribution in [0.4, 0.5) is 5.69 Å². The molecular weight excluding hydrogens is 216 g/mol. The Bertz CT molecular complexity index is 416. The molecule has 1 aromatic carbocycles. The molecule has 94 valence electrons. The van der Waals surface area contributed by atoms with Gasteiger partial charge in [0.25, 0.3) is 0 Å². The number of aromatic hydroxyl groups is 1. The molecule has 17 heavy (non-hydrogen) atoms. The number of amides is 1. The van der Waals surface area contributed by atoms with Gasteiger partial charge in [-0.05, 0) is 38.4 Å². The fourth-order valence-corrected chi connectivity index (χ4v) is 1.61. The van der Waals surface area contributed by atoms with E-state index in [4.69, 9.17) is 5.73 Å². The zero-order valence-electron chi connectivity index (χ0n) is 10.6. The van der Waals surface area contributed by atoms with Crippen LogP contribution in [0.1, 0.15) is 24.5 Å². The Kier molecular flexibility index (Phi) is 4.52. The number of phenols is 1. The van der Waals surface area contributed by atoms with Gasteiger partial charge in [0.2, 0.25) is 5.91 Å². The van der Waals surface area contributed by atoms with Crippen molar-refractivity contribution in [1.82, 2.24) is 0 Å². The first-order valence-electron chi connectivity index (χ1n) is 5.77. The zero-order valence-corrected chi connectivity index (χ0v) is 10.6. The topological polar surface area (TPSA) is 75.4 Å². The SMILES string of the molecule is Cc1ccc(NC(=O)C(C)CCN)c(C)c1O. The lowest BCUT2D eigenvalue weighted by molar-refractivity contribution is -0.119. The van der Waals surface area contributed by atoms with Crippen molar-refractivity contribution in [3.05, 3.63) is 23.3 Å². The van der Waals surface area contributed by atoms with Crippen molar-refractivity contribution in [2.24, 2.45) is 11.7 Å². The second kappa shape index (κ2) is 5.68. The molecule has 1 amide bonds. The average Bonchev–Trinajstić information content (AvgIpc) is 2.30. The summed E-state index contributed by atoms with van der Waals surface area (Å²) in [6.07, 6.45) is 0.655. The summed E-state index contributed by atoms with van der Waals surface area (Å²) in [5, 5.41) is 12.6. The lowest BCUT2D eigenvalue weighted by atomic mass is 10.1. The summed E-state index contributed by atoms with van der Waals surface area (Å²) >= 11 is 0. The highest BCUT2D eigenvalue weighted by molar-refractivity contribution is 5.93. The van der Waals surface area contributed by atoms with E-state index >= 15 is 0 Å². The molecule has 0 saturated heterocycles. The number of rotatable bonds is 4. The minimum atomic E-state index is -0.122. The molecule has 0 aliphatic carbocycles. The standard InChI is InChI=1S/C13H20N2O2/c1-8-4-5-11(10(3)12(8)16)15-13(17)9(2)6-7-14/h4-5,9,16H,6-7,14H2,1-3H3,(H,15,17).